The highest BCUT2D eigenvalue weighted by atomic mass is 16.3. The van der Waals surface area contributed by atoms with Crippen molar-refractivity contribution in [1.82, 2.24) is 0 Å². The molecule has 8 heteroatoms. The molecular formula is C22H12N2O6. The van der Waals surface area contributed by atoms with E-state index >= 15 is 0 Å². The van der Waals surface area contributed by atoms with Gasteiger partial charge in [0.2, 0.25) is 0 Å². The molecular weight excluding hydrogens is 388 g/mol. The minimum atomic E-state index is -0.574. The maximum atomic E-state index is 12.6. The largest absolute Gasteiger partial charge is 0.508 e. The van der Waals surface area contributed by atoms with E-state index in [1.165, 1.54) is 60.7 Å². The fourth-order valence-electron chi connectivity index (χ4n) is 3.68. The second-order valence-electron chi connectivity index (χ2n) is 6.87. The van der Waals surface area contributed by atoms with Gasteiger partial charge in [0.15, 0.2) is 0 Å². The molecule has 3 aromatic rings. The van der Waals surface area contributed by atoms with E-state index in [2.05, 4.69) is 0 Å². The number of phenols is 2. The second kappa shape index (κ2) is 6.02. The summed E-state index contributed by atoms with van der Waals surface area (Å²) in [5.74, 6) is -2.45. The first-order valence-corrected chi connectivity index (χ1v) is 8.90. The molecule has 3 aromatic carbocycles. The van der Waals surface area contributed by atoms with Crippen LogP contribution >= 0.6 is 0 Å². The summed E-state index contributed by atoms with van der Waals surface area (Å²) in [6.07, 6.45) is 0. The Bertz CT molecular complexity index is 1190. The molecule has 0 saturated carbocycles. The maximum Gasteiger partial charge on any atom is 0.266 e. The van der Waals surface area contributed by atoms with Crippen molar-refractivity contribution >= 4 is 35.0 Å². The predicted molar refractivity (Wildman–Crippen MR) is 105 cm³/mol. The van der Waals surface area contributed by atoms with Crippen LogP contribution < -0.4 is 9.80 Å². The van der Waals surface area contributed by atoms with E-state index in [4.69, 9.17) is 0 Å². The quantitative estimate of drug-likeness (QED) is 0.639. The van der Waals surface area contributed by atoms with Crippen LogP contribution in [-0.4, -0.2) is 33.8 Å². The zero-order valence-electron chi connectivity index (χ0n) is 15.2. The van der Waals surface area contributed by atoms with Crippen molar-refractivity contribution in [2.45, 2.75) is 0 Å². The lowest BCUT2D eigenvalue weighted by Crippen LogP contribution is -2.30. The third-order valence-electron chi connectivity index (χ3n) is 5.11. The van der Waals surface area contributed by atoms with Gasteiger partial charge in [-0.1, -0.05) is 0 Å². The van der Waals surface area contributed by atoms with Crippen molar-refractivity contribution in [1.29, 1.82) is 0 Å². The zero-order valence-corrected chi connectivity index (χ0v) is 15.2. The molecule has 0 unspecified atom stereocenters. The lowest BCUT2D eigenvalue weighted by molar-refractivity contribution is 0.0909. The number of rotatable bonds is 2. The van der Waals surface area contributed by atoms with Crippen molar-refractivity contribution < 1.29 is 29.4 Å². The number of carbonyl (C=O) groups is 4. The smallest absolute Gasteiger partial charge is 0.266 e. The van der Waals surface area contributed by atoms with Gasteiger partial charge in [0, 0.05) is 0 Å². The summed E-state index contributed by atoms with van der Waals surface area (Å²) in [4.78, 5) is 52.5. The van der Waals surface area contributed by atoms with Crippen molar-refractivity contribution in [2.24, 2.45) is 0 Å². The normalized spacial score (nSPS) is 15.1. The highest BCUT2D eigenvalue weighted by Gasteiger charge is 2.39. The number of nitrogens with zero attached hydrogens (tertiary/aromatic N) is 2. The van der Waals surface area contributed by atoms with E-state index in [-0.39, 0.29) is 45.1 Å². The SMILES string of the molecule is O=C1c2ccc(O)cc2C(=O)N1c1ccc(N2C(=O)c3ccc(O)cc3C2=O)cc1. The molecule has 2 heterocycles. The number of aromatic hydroxyl groups is 2. The topological polar surface area (TPSA) is 115 Å². The van der Waals surface area contributed by atoms with Gasteiger partial charge in [-0.05, 0) is 60.7 Å². The summed E-state index contributed by atoms with van der Waals surface area (Å²) in [7, 11) is 0. The van der Waals surface area contributed by atoms with Crippen LogP contribution in [0.5, 0.6) is 11.5 Å². The summed E-state index contributed by atoms with van der Waals surface area (Å²) < 4.78 is 0. The van der Waals surface area contributed by atoms with E-state index in [1.54, 1.807) is 0 Å². The molecule has 0 radical (unpaired) electrons. The fraction of sp³-hybridized carbons (Fsp3) is 0. The van der Waals surface area contributed by atoms with Gasteiger partial charge in [0.1, 0.15) is 11.5 Å². The highest BCUT2D eigenvalue weighted by Crippen LogP contribution is 2.34. The van der Waals surface area contributed by atoms with Gasteiger partial charge < -0.3 is 10.2 Å². The van der Waals surface area contributed by atoms with E-state index in [1.807, 2.05) is 0 Å². The summed E-state index contributed by atoms with van der Waals surface area (Å²) in [6.45, 7) is 0. The van der Waals surface area contributed by atoms with Crippen LogP contribution in [0.2, 0.25) is 0 Å². The molecule has 0 saturated heterocycles. The van der Waals surface area contributed by atoms with Crippen molar-refractivity contribution in [2.75, 3.05) is 9.80 Å². The van der Waals surface area contributed by atoms with Crippen molar-refractivity contribution in [3.63, 3.8) is 0 Å². The van der Waals surface area contributed by atoms with Gasteiger partial charge in [0.05, 0.1) is 33.6 Å². The molecule has 0 aliphatic carbocycles. The molecule has 30 heavy (non-hydrogen) atoms. The Labute approximate surface area is 169 Å². The summed E-state index contributed by atoms with van der Waals surface area (Å²) in [5.41, 5.74) is 1.09. The van der Waals surface area contributed by atoms with Gasteiger partial charge >= 0.3 is 0 Å². The minimum absolute atomic E-state index is 0.101. The van der Waals surface area contributed by atoms with Crippen molar-refractivity contribution in [3.05, 3.63) is 82.9 Å². The molecule has 0 atom stereocenters. The lowest BCUT2D eigenvalue weighted by Gasteiger charge is -2.17. The monoisotopic (exact) mass is 400 g/mol. The van der Waals surface area contributed by atoms with Crippen LogP contribution in [0.4, 0.5) is 11.4 Å². The molecule has 4 amide bonds. The van der Waals surface area contributed by atoms with E-state index in [0.717, 1.165) is 9.80 Å². The van der Waals surface area contributed by atoms with Crippen LogP contribution in [0.25, 0.3) is 0 Å². The van der Waals surface area contributed by atoms with Crippen LogP contribution in [-0.2, 0) is 0 Å². The molecule has 0 spiro atoms. The molecule has 8 nitrogen and oxygen atoms in total. The summed E-state index contributed by atoms with van der Waals surface area (Å²) >= 11 is 0. The van der Waals surface area contributed by atoms with Gasteiger partial charge in [-0.15, -0.1) is 0 Å². The number of benzene rings is 3. The third kappa shape index (κ3) is 2.34. The Morgan fingerprint density at radius 1 is 0.467 bits per heavy atom. The number of carbonyl (C=O) groups excluding carboxylic acids is 4. The molecule has 2 aliphatic rings. The first kappa shape index (κ1) is 17.6. The molecule has 0 aromatic heterocycles. The Morgan fingerprint density at radius 2 is 0.800 bits per heavy atom. The molecule has 5 rings (SSSR count). The molecule has 0 fully saturated rings. The summed E-state index contributed by atoms with van der Waals surface area (Å²) in [6, 6.07) is 13.7. The Kier molecular flexibility index (Phi) is 3.54. The first-order chi connectivity index (χ1) is 14.4. The molecule has 2 N–H and O–H groups in total. The standard InChI is InChI=1S/C22H12N2O6/c25-13-5-7-15-17(9-13)21(29)23(19(15)27)11-1-2-12(4-3-11)24-20(28)16-8-6-14(26)10-18(16)22(24)30/h1-10,25-26H. The number of hydrogen-bond acceptors (Lipinski definition) is 6. The average molecular weight is 400 g/mol. The minimum Gasteiger partial charge on any atom is -0.508 e. The van der Waals surface area contributed by atoms with Crippen LogP contribution in [0.3, 0.4) is 0 Å². The number of phenolic OH excluding ortho intramolecular Hbond substituents is 2. The number of fused-ring (bicyclic) bond motifs is 2. The van der Waals surface area contributed by atoms with Crippen LogP contribution in [0.1, 0.15) is 41.4 Å². The number of amides is 4. The van der Waals surface area contributed by atoms with E-state index in [9.17, 15) is 29.4 Å². The maximum absolute atomic E-state index is 12.6. The van der Waals surface area contributed by atoms with Gasteiger partial charge in [-0.2, -0.15) is 0 Å². The Hall–Kier alpha value is -4.46. The van der Waals surface area contributed by atoms with Gasteiger partial charge in [0.25, 0.3) is 23.6 Å². The average Bonchev–Trinajstić information content (AvgIpc) is 3.12. The Morgan fingerprint density at radius 3 is 1.17 bits per heavy atom. The van der Waals surface area contributed by atoms with E-state index < -0.39 is 23.6 Å². The summed E-state index contributed by atoms with van der Waals surface area (Å²) in [5, 5.41) is 19.2. The molecule has 146 valence electrons. The third-order valence-corrected chi connectivity index (χ3v) is 5.11. The highest BCUT2D eigenvalue weighted by molar-refractivity contribution is 6.35. The molecule has 0 bridgehead atoms. The lowest BCUT2D eigenvalue weighted by atomic mass is 10.1. The Balaban J connectivity index is 1.48. The van der Waals surface area contributed by atoms with E-state index in [0.29, 0.717) is 0 Å². The van der Waals surface area contributed by atoms with Crippen LogP contribution in [0, 0.1) is 0 Å². The van der Waals surface area contributed by atoms with Gasteiger partial charge in [-0.25, -0.2) is 9.80 Å². The molecule has 2 aliphatic heterocycles. The van der Waals surface area contributed by atoms with Crippen molar-refractivity contribution in [3.8, 4) is 11.5 Å². The number of anilines is 2. The number of imide groups is 2. The van der Waals surface area contributed by atoms with Crippen LogP contribution in [0.15, 0.2) is 60.7 Å². The second-order valence-corrected chi connectivity index (χ2v) is 6.87. The number of hydrogen-bond donors (Lipinski definition) is 2. The van der Waals surface area contributed by atoms with Gasteiger partial charge in [-0.3, -0.25) is 19.2 Å². The predicted octanol–water partition coefficient (Wildman–Crippen LogP) is 2.70. The zero-order chi connectivity index (χ0) is 21.2. The first-order valence-electron chi connectivity index (χ1n) is 8.90. The fourth-order valence-corrected chi connectivity index (χ4v) is 3.68.